The van der Waals surface area contributed by atoms with Crippen LogP contribution in [0.4, 0.5) is 23.2 Å². The number of nitrogen functional groups attached to an aromatic ring is 1. The first-order valence-electron chi connectivity index (χ1n) is 8.51. The molecule has 3 rings (SSSR count). The SMILES string of the molecule is CC(=O)Nc1cccnc1Oc1cc(-n2c(=O)cc(C(F)(F)F)n(N)c2=O)c(F)cc1Cl. The molecule has 0 aliphatic heterocycles. The van der Waals surface area contributed by atoms with Gasteiger partial charge in [-0.05, 0) is 18.2 Å². The zero-order valence-corrected chi connectivity index (χ0v) is 16.7. The molecule has 0 unspecified atom stereocenters. The van der Waals surface area contributed by atoms with Crippen LogP contribution >= 0.6 is 11.6 Å². The number of benzene rings is 1. The third kappa shape index (κ3) is 4.42. The number of nitrogens with two attached hydrogens (primary N) is 1. The van der Waals surface area contributed by atoms with Gasteiger partial charge in [-0.1, -0.05) is 11.6 Å². The Balaban J connectivity index is 2.16. The Kier molecular flexibility index (Phi) is 5.94. The fraction of sp³-hybridized carbons (Fsp3) is 0.111. The van der Waals surface area contributed by atoms with E-state index in [4.69, 9.17) is 22.2 Å². The van der Waals surface area contributed by atoms with E-state index in [9.17, 15) is 31.9 Å². The molecule has 0 atom stereocenters. The molecule has 9 nitrogen and oxygen atoms in total. The van der Waals surface area contributed by atoms with Crippen molar-refractivity contribution in [2.24, 2.45) is 0 Å². The van der Waals surface area contributed by atoms with Gasteiger partial charge in [-0.15, -0.1) is 0 Å². The molecule has 0 spiro atoms. The summed E-state index contributed by atoms with van der Waals surface area (Å²) in [4.78, 5) is 39.8. The van der Waals surface area contributed by atoms with Gasteiger partial charge in [-0.2, -0.15) is 13.2 Å². The second kappa shape index (κ2) is 8.34. The Morgan fingerprint density at radius 2 is 1.94 bits per heavy atom. The van der Waals surface area contributed by atoms with Crippen molar-refractivity contribution in [3.05, 3.63) is 73.9 Å². The quantitative estimate of drug-likeness (QED) is 0.444. The average molecular weight is 474 g/mol. The number of rotatable bonds is 4. The van der Waals surface area contributed by atoms with Crippen molar-refractivity contribution in [2.75, 3.05) is 11.2 Å². The van der Waals surface area contributed by atoms with Crippen molar-refractivity contribution in [3.63, 3.8) is 0 Å². The van der Waals surface area contributed by atoms with Crippen molar-refractivity contribution < 1.29 is 27.1 Å². The normalized spacial score (nSPS) is 11.3. The number of hydrogen-bond donors (Lipinski definition) is 2. The van der Waals surface area contributed by atoms with E-state index in [2.05, 4.69) is 10.3 Å². The molecule has 14 heteroatoms. The van der Waals surface area contributed by atoms with Crippen molar-refractivity contribution in [1.82, 2.24) is 14.2 Å². The second-order valence-corrected chi connectivity index (χ2v) is 6.63. The number of amides is 1. The Labute approximate surface area is 180 Å². The summed E-state index contributed by atoms with van der Waals surface area (Å²) in [5.41, 5.74) is -5.52. The number of anilines is 1. The maximum atomic E-state index is 14.5. The van der Waals surface area contributed by atoms with Gasteiger partial charge < -0.3 is 15.9 Å². The van der Waals surface area contributed by atoms with Crippen LogP contribution in [-0.4, -0.2) is 20.1 Å². The molecule has 2 heterocycles. The van der Waals surface area contributed by atoms with Crippen molar-refractivity contribution >= 4 is 23.2 Å². The largest absolute Gasteiger partial charge is 0.435 e. The van der Waals surface area contributed by atoms with Crippen LogP contribution in [0.3, 0.4) is 0 Å². The number of nitrogens with zero attached hydrogens (tertiary/aromatic N) is 3. The minimum absolute atomic E-state index is 0.0453. The van der Waals surface area contributed by atoms with Gasteiger partial charge in [0.15, 0.2) is 5.69 Å². The summed E-state index contributed by atoms with van der Waals surface area (Å²) in [6, 6.07) is 4.46. The van der Waals surface area contributed by atoms with Gasteiger partial charge in [0.05, 0.1) is 10.7 Å². The molecule has 0 aliphatic rings. The van der Waals surface area contributed by atoms with Crippen LogP contribution in [0.15, 0.2) is 46.1 Å². The fourth-order valence-electron chi connectivity index (χ4n) is 2.63. The summed E-state index contributed by atoms with van der Waals surface area (Å²) in [6.07, 6.45) is -3.79. The van der Waals surface area contributed by atoms with Crippen LogP contribution in [0.25, 0.3) is 5.69 Å². The van der Waals surface area contributed by atoms with Crippen molar-refractivity contribution in [3.8, 4) is 17.3 Å². The Hall–Kier alpha value is -3.87. The molecule has 0 saturated carbocycles. The lowest BCUT2D eigenvalue weighted by atomic mass is 10.2. The zero-order chi connectivity index (χ0) is 23.8. The Morgan fingerprint density at radius 3 is 2.56 bits per heavy atom. The summed E-state index contributed by atoms with van der Waals surface area (Å²) in [6.45, 7) is 1.23. The van der Waals surface area contributed by atoms with E-state index in [-0.39, 0.29) is 37.6 Å². The predicted octanol–water partition coefficient (Wildman–Crippen LogP) is 2.67. The average Bonchev–Trinajstić information content (AvgIpc) is 2.68. The third-order valence-corrected chi connectivity index (χ3v) is 4.25. The molecule has 0 fully saturated rings. The number of nitrogens with one attached hydrogen (secondary N) is 1. The summed E-state index contributed by atoms with van der Waals surface area (Å²) < 4.78 is 58.7. The number of carbonyl (C=O) groups is 1. The fourth-order valence-corrected chi connectivity index (χ4v) is 2.81. The van der Waals surface area contributed by atoms with Gasteiger partial charge in [0.1, 0.15) is 17.3 Å². The number of ether oxygens (including phenoxy) is 1. The number of hydrogen-bond acceptors (Lipinski definition) is 6. The van der Waals surface area contributed by atoms with Gasteiger partial charge in [-0.25, -0.2) is 23.4 Å². The number of halogens is 5. The Morgan fingerprint density at radius 1 is 1.25 bits per heavy atom. The molecule has 3 N–H and O–H groups in total. The standard InChI is InChI=1S/C18H12ClF4N5O4/c1-8(29)26-11-3-2-4-25-16(11)32-13-6-12(10(20)5-9(13)19)27-15(30)7-14(18(21,22)23)28(24)17(27)31/h2-7H,24H2,1H3,(H,26,29). The minimum atomic E-state index is -5.10. The summed E-state index contributed by atoms with van der Waals surface area (Å²) >= 11 is 5.97. The first-order valence-corrected chi connectivity index (χ1v) is 8.89. The first-order chi connectivity index (χ1) is 14.9. The minimum Gasteiger partial charge on any atom is -0.435 e. The molecule has 0 saturated heterocycles. The van der Waals surface area contributed by atoms with E-state index >= 15 is 0 Å². The Bertz CT molecular complexity index is 1340. The highest BCUT2D eigenvalue weighted by Crippen LogP contribution is 2.35. The van der Waals surface area contributed by atoms with E-state index in [1.165, 1.54) is 25.3 Å². The van der Waals surface area contributed by atoms with Gasteiger partial charge in [0, 0.05) is 25.3 Å². The van der Waals surface area contributed by atoms with Crippen LogP contribution < -0.4 is 27.1 Å². The molecule has 1 amide bonds. The van der Waals surface area contributed by atoms with E-state index in [1.807, 2.05) is 0 Å². The van der Waals surface area contributed by atoms with Crippen LogP contribution in [0.5, 0.6) is 11.6 Å². The summed E-state index contributed by atoms with van der Waals surface area (Å²) in [7, 11) is 0. The van der Waals surface area contributed by atoms with Crippen LogP contribution in [0.1, 0.15) is 12.6 Å². The van der Waals surface area contributed by atoms with Crippen molar-refractivity contribution in [1.29, 1.82) is 0 Å². The maximum Gasteiger partial charge on any atom is 0.433 e. The monoisotopic (exact) mass is 473 g/mol. The second-order valence-electron chi connectivity index (χ2n) is 6.23. The van der Waals surface area contributed by atoms with Crippen LogP contribution in [0, 0.1) is 5.82 Å². The van der Waals surface area contributed by atoms with E-state index in [0.29, 0.717) is 6.07 Å². The lowest BCUT2D eigenvalue weighted by Crippen LogP contribution is -2.45. The highest BCUT2D eigenvalue weighted by atomic mass is 35.5. The topological polar surface area (TPSA) is 121 Å². The third-order valence-electron chi connectivity index (χ3n) is 3.96. The number of alkyl halides is 3. The summed E-state index contributed by atoms with van der Waals surface area (Å²) in [5.74, 6) is 3.02. The summed E-state index contributed by atoms with van der Waals surface area (Å²) in [5, 5.41) is 2.12. The molecule has 32 heavy (non-hydrogen) atoms. The van der Waals surface area contributed by atoms with Gasteiger partial charge in [-0.3, -0.25) is 9.59 Å². The van der Waals surface area contributed by atoms with Crippen LogP contribution in [-0.2, 0) is 11.0 Å². The smallest absolute Gasteiger partial charge is 0.433 e. The van der Waals surface area contributed by atoms with E-state index < -0.39 is 40.5 Å². The molecule has 0 aliphatic carbocycles. The molecule has 1 aromatic carbocycles. The van der Waals surface area contributed by atoms with Gasteiger partial charge >= 0.3 is 11.9 Å². The maximum absolute atomic E-state index is 14.5. The molecule has 2 aromatic heterocycles. The number of pyridine rings is 1. The van der Waals surface area contributed by atoms with E-state index in [1.54, 1.807) is 0 Å². The molecular weight excluding hydrogens is 462 g/mol. The molecular formula is C18H12ClF4N5O4. The van der Waals surface area contributed by atoms with Crippen LogP contribution in [0.2, 0.25) is 5.02 Å². The van der Waals surface area contributed by atoms with Crippen molar-refractivity contribution in [2.45, 2.75) is 13.1 Å². The lowest BCUT2D eigenvalue weighted by Gasteiger charge is -2.15. The van der Waals surface area contributed by atoms with Gasteiger partial charge in [0.2, 0.25) is 11.8 Å². The zero-order valence-electron chi connectivity index (χ0n) is 15.9. The number of aromatic nitrogens is 3. The number of carbonyl (C=O) groups excluding carboxylic acids is 1. The lowest BCUT2D eigenvalue weighted by molar-refractivity contribution is -0.143. The molecule has 3 aromatic rings. The highest BCUT2D eigenvalue weighted by molar-refractivity contribution is 6.32. The molecule has 168 valence electrons. The predicted molar refractivity (Wildman–Crippen MR) is 105 cm³/mol. The highest BCUT2D eigenvalue weighted by Gasteiger charge is 2.36. The molecule has 0 bridgehead atoms. The molecule has 0 radical (unpaired) electrons. The van der Waals surface area contributed by atoms with Gasteiger partial charge in [0.25, 0.3) is 5.56 Å². The first kappa shape index (κ1) is 22.8. The van der Waals surface area contributed by atoms with E-state index in [0.717, 1.165) is 6.07 Å².